The Labute approximate surface area is 138 Å². The molecule has 0 radical (unpaired) electrons. The maximum absolute atomic E-state index is 12.1. The average molecular weight is 317 g/mol. The molecule has 23 heavy (non-hydrogen) atoms. The van der Waals surface area contributed by atoms with Crippen molar-refractivity contribution in [2.45, 2.75) is 65.0 Å². The molecule has 3 aliphatic carbocycles. The van der Waals surface area contributed by atoms with Gasteiger partial charge in [0.25, 0.3) is 0 Å². The topological polar surface area (TPSA) is 47.4 Å². The van der Waals surface area contributed by atoms with Gasteiger partial charge in [-0.15, -0.1) is 0 Å². The molecule has 0 aromatic carbocycles. The summed E-state index contributed by atoms with van der Waals surface area (Å²) in [6, 6.07) is 2.17. The molecule has 5 rings (SSSR count). The molecule has 0 spiro atoms. The van der Waals surface area contributed by atoms with Crippen LogP contribution in [0.4, 0.5) is 4.79 Å². The number of likely N-dealkylation sites (tertiary alicyclic amines) is 1. The third-order valence-electron chi connectivity index (χ3n) is 5.90. The fourth-order valence-electron chi connectivity index (χ4n) is 4.92. The van der Waals surface area contributed by atoms with Crippen molar-refractivity contribution in [1.82, 2.24) is 14.7 Å². The van der Waals surface area contributed by atoms with Gasteiger partial charge in [-0.1, -0.05) is 0 Å². The Bertz CT molecular complexity index is 645. The lowest BCUT2D eigenvalue weighted by atomic mass is 9.35. The SMILES string of the molecule is Cc1cc(C)n(C23CC(C4CN(C(=O)OC(C)(C)C)C4)(C2)C3)n1. The normalized spacial score (nSPS) is 32.8. The van der Waals surface area contributed by atoms with Crippen molar-refractivity contribution in [3.63, 3.8) is 0 Å². The predicted octanol–water partition coefficient (Wildman–Crippen LogP) is 3.25. The first kappa shape index (κ1) is 15.0. The first-order valence-electron chi connectivity index (χ1n) is 8.64. The Morgan fingerprint density at radius 1 is 1.26 bits per heavy atom. The Hall–Kier alpha value is -1.52. The molecule has 0 atom stereocenters. The first-order valence-corrected chi connectivity index (χ1v) is 8.64. The minimum absolute atomic E-state index is 0.159. The average Bonchev–Trinajstić information content (AvgIpc) is 2.54. The lowest BCUT2D eigenvalue weighted by Crippen LogP contribution is -2.75. The van der Waals surface area contributed by atoms with Gasteiger partial charge in [0.05, 0.1) is 11.2 Å². The van der Waals surface area contributed by atoms with Crippen LogP contribution in [0.25, 0.3) is 0 Å². The summed E-state index contributed by atoms with van der Waals surface area (Å²) in [5.74, 6) is 0.647. The van der Waals surface area contributed by atoms with Crippen molar-refractivity contribution in [2.75, 3.05) is 13.1 Å². The smallest absolute Gasteiger partial charge is 0.410 e. The molecule has 1 aromatic rings. The summed E-state index contributed by atoms with van der Waals surface area (Å²) in [7, 11) is 0. The largest absolute Gasteiger partial charge is 0.444 e. The van der Waals surface area contributed by atoms with Gasteiger partial charge in [0.2, 0.25) is 0 Å². The number of nitrogens with zero attached hydrogens (tertiary/aromatic N) is 3. The van der Waals surface area contributed by atoms with Crippen molar-refractivity contribution in [3.8, 4) is 0 Å². The second-order valence-electron chi connectivity index (χ2n) is 9.04. The molecule has 0 N–H and O–H groups in total. The van der Waals surface area contributed by atoms with Crippen LogP contribution in [0.15, 0.2) is 6.07 Å². The molecule has 4 fully saturated rings. The van der Waals surface area contributed by atoms with Gasteiger partial charge in [0.1, 0.15) is 5.60 Å². The maximum atomic E-state index is 12.1. The zero-order valence-electron chi connectivity index (χ0n) is 14.8. The van der Waals surface area contributed by atoms with E-state index in [1.807, 2.05) is 25.7 Å². The van der Waals surface area contributed by atoms with E-state index >= 15 is 0 Å². The summed E-state index contributed by atoms with van der Waals surface area (Å²) in [5, 5.41) is 4.69. The fraction of sp³-hybridized carbons (Fsp3) is 0.778. The molecule has 5 nitrogen and oxygen atoms in total. The van der Waals surface area contributed by atoms with Crippen LogP contribution in [0.2, 0.25) is 0 Å². The standard InChI is InChI=1S/C18H27N3O2/c1-12-6-13(2)21(19-12)18-9-17(10-18,11-18)14-7-20(8-14)15(22)23-16(3,4)5/h6,14H,7-11H2,1-5H3. The van der Waals surface area contributed by atoms with E-state index in [2.05, 4.69) is 24.6 Å². The molecule has 1 aromatic heterocycles. The summed E-state index contributed by atoms with van der Waals surface area (Å²) in [6.45, 7) is 11.7. The number of aryl methyl sites for hydroxylation is 2. The zero-order chi connectivity index (χ0) is 16.6. The van der Waals surface area contributed by atoms with E-state index < -0.39 is 5.60 Å². The van der Waals surface area contributed by atoms with Gasteiger partial charge in [-0.25, -0.2) is 4.79 Å². The third kappa shape index (κ3) is 2.12. The zero-order valence-corrected chi connectivity index (χ0v) is 14.8. The summed E-state index contributed by atoms with van der Waals surface area (Å²) in [6.07, 6.45) is 3.53. The van der Waals surface area contributed by atoms with Crippen molar-refractivity contribution in [2.24, 2.45) is 11.3 Å². The van der Waals surface area contributed by atoms with Crippen molar-refractivity contribution >= 4 is 6.09 Å². The molecular formula is C18H27N3O2. The molecule has 3 saturated carbocycles. The van der Waals surface area contributed by atoms with Crippen LogP contribution in [-0.2, 0) is 10.3 Å². The van der Waals surface area contributed by atoms with Crippen LogP contribution in [0.5, 0.6) is 0 Å². The van der Waals surface area contributed by atoms with E-state index in [9.17, 15) is 4.79 Å². The van der Waals surface area contributed by atoms with Crippen molar-refractivity contribution < 1.29 is 9.53 Å². The molecule has 1 aliphatic heterocycles. The van der Waals surface area contributed by atoms with E-state index in [4.69, 9.17) is 9.84 Å². The molecule has 5 heteroatoms. The van der Waals surface area contributed by atoms with E-state index in [1.165, 1.54) is 25.0 Å². The van der Waals surface area contributed by atoms with Gasteiger partial charge in [-0.05, 0) is 65.4 Å². The molecule has 1 saturated heterocycles. The van der Waals surface area contributed by atoms with Gasteiger partial charge < -0.3 is 9.64 Å². The number of carbonyl (C=O) groups is 1. The number of hydrogen-bond acceptors (Lipinski definition) is 3. The van der Waals surface area contributed by atoms with Gasteiger partial charge in [0.15, 0.2) is 0 Å². The number of amides is 1. The summed E-state index contributed by atoms with van der Waals surface area (Å²) >= 11 is 0. The first-order chi connectivity index (χ1) is 10.6. The van der Waals surface area contributed by atoms with Crippen LogP contribution in [0.3, 0.4) is 0 Å². The van der Waals surface area contributed by atoms with Gasteiger partial charge in [-0.3, -0.25) is 4.68 Å². The second-order valence-corrected chi connectivity index (χ2v) is 9.04. The van der Waals surface area contributed by atoms with Crippen LogP contribution >= 0.6 is 0 Å². The van der Waals surface area contributed by atoms with Gasteiger partial charge >= 0.3 is 6.09 Å². The predicted molar refractivity (Wildman–Crippen MR) is 87.3 cm³/mol. The van der Waals surface area contributed by atoms with Crippen molar-refractivity contribution in [1.29, 1.82) is 0 Å². The molecule has 2 heterocycles. The lowest BCUT2D eigenvalue weighted by Gasteiger charge is -2.75. The van der Waals surface area contributed by atoms with E-state index in [1.54, 1.807) is 0 Å². The second kappa shape index (κ2) is 4.31. The summed E-state index contributed by atoms with van der Waals surface area (Å²) in [5.41, 5.74) is 2.73. The molecule has 1 amide bonds. The van der Waals surface area contributed by atoms with Crippen LogP contribution in [0.1, 0.15) is 51.4 Å². The Morgan fingerprint density at radius 2 is 1.87 bits per heavy atom. The maximum Gasteiger partial charge on any atom is 0.410 e. The van der Waals surface area contributed by atoms with Gasteiger partial charge in [-0.2, -0.15) is 5.10 Å². The monoisotopic (exact) mass is 317 g/mol. The third-order valence-corrected chi connectivity index (χ3v) is 5.90. The Balaban J connectivity index is 1.33. The highest BCUT2D eigenvalue weighted by molar-refractivity contribution is 5.69. The highest BCUT2D eigenvalue weighted by Gasteiger charge is 2.73. The molecule has 126 valence electrons. The lowest BCUT2D eigenvalue weighted by molar-refractivity contribution is -0.247. The number of aromatic nitrogens is 2. The molecular weight excluding hydrogens is 290 g/mol. The summed E-state index contributed by atoms with van der Waals surface area (Å²) < 4.78 is 7.71. The number of rotatable bonds is 2. The van der Waals surface area contributed by atoms with E-state index in [0.29, 0.717) is 11.3 Å². The minimum atomic E-state index is -0.405. The highest BCUT2D eigenvalue weighted by Crippen LogP contribution is 2.75. The molecule has 0 unspecified atom stereocenters. The van der Waals surface area contributed by atoms with Gasteiger partial charge in [0, 0.05) is 24.7 Å². The van der Waals surface area contributed by atoms with E-state index in [-0.39, 0.29) is 11.6 Å². The van der Waals surface area contributed by atoms with Crippen LogP contribution in [-0.4, -0.2) is 39.5 Å². The highest BCUT2D eigenvalue weighted by atomic mass is 16.6. The van der Waals surface area contributed by atoms with Crippen LogP contribution in [0, 0.1) is 25.2 Å². The fourth-order valence-corrected chi connectivity index (χ4v) is 4.92. The number of hydrogen-bond donors (Lipinski definition) is 0. The minimum Gasteiger partial charge on any atom is -0.444 e. The molecule has 4 aliphatic rings. The summed E-state index contributed by atoms with van der Waals surface area (Å²) in [4.78, 5) is 13.9. The Kier molecular flexibility index (Phi) is 2.82. The quantitative estimate of drug-likeness (QED) is 0.841. The number of ether oxygens (including phenoxy) is 1. The van der Waals surface area contributed by atoms with E-state index in [0.717, 1.165) is 18.8 Å². The molecule has 2 bridgehead atoms. The van der Waals surface area contributed by atoms with Crippen LogP contribution < -0.4 is 0 Å². The number of carbonyl (C=O) groups excluding carboxylic acids is 1. The Morgan fingerprint density at radius 3 is 2.35 bits per heavy atom. The van der Waals surface area contributed by atoms with Crippen molar-refractivity contribution in [3.05, 3.63) is 17.5 Å².